The number of hydrogen-bond acceptors (Lipinski definition) is 3. The molecule has 0 heterocycles. The van der Waals surface area contributed by atoms with Crippen LogP contribution in [0.4, 0.5) is 10.1 Å². The van der Waals surface area contributed by atoms with Gasteiger partial charge in [0.2, 0.25) is 5.91 Å². The molecule has 2 rings (SSSR count). The number of allylic oxidation sites excluding steroid dienone is 2. The van der Waals surface area contributed by atoms with Crippen molar-refractivity contribution in [2.45, 2.75) is 19.8 Å². The first kappa shape index (κ1) is 14.2. The van der Waals surface area contributed by atoms with Crippen molar-refractivity contribution in [2.24, 2.45) is 11.8 Å². The van der Waals surface area contributed by atoms with Crippen molar-refractivity contribution in [3.8, 4) is 0 Å². The number of nitrogens with one attached hydrogen (secondary N) is 1. The fourth-order valence-corrected chi connectivity index (χ4v) is 2.32. The lowest BCUT2D eigenvalue weighted by Gasteiger charge is -2.28. The molecule has 1 aliphatic rings. The summed E-state index contributed by atoms with van der Waals surface area (Å²) in [5, 5.41) is 13.5. The normalized spacial score (nSPS) is 21.5. The van der Waals surface area contributed by atoms with Crippen molar-refractivity contribution in [3.05, 3.63) is 41.7 Å². The molecule has 1 N–H and O–H groups in total. The average molecular weight is 276 g/mol. The fourth-order valence-electron chi connectivity index (χ4n) is 2.32. The molecule has 0 spiro atoms. The van der Waals surface area contributed by atoms with Gasteiger partial charge < -0.3 is 15.2 Å². The van der Waals surface area contributed by atoms with Crippen molar-refractivity contribution in [3.63, 3.8) is 0 Å². The summed E-state index contributed by atoms with van der Waals surface area (Å²) in [6.45, 7) is 1.78. The van der Waals surface area contributed by atoms with Crippen LogP contribution in [0.3, 0.4) is 0 Å². The van der Waals surface area contributed by atoms with E-state index in [1.54, 1.807) is 25.1 Å². The molecule has 20 heavy (non-hydrogen) atoms. The van der Waals surface area contributed by atoms with E-state index in [0.717, 1.165) is 5.56 Å². The van der Waals surface area contributed by atoms with Crippen molar-refractivity contribution >= 4 is 17.6 Å². The lowest BCUT2D eigenvalue weighted by Crippen LogP contribution is -2.41. The van der Waals surface area contributed by atoms with E-state index < -0.39 is 29.5 Å². The Hall–Kier alpha value is -2.17. The monoisotopic (exact) mass is 276 g/mol. The molecule has 4 nitrogen and oxygen atoms in total. The van der Waals surface area contributed by atoms with E-state index in [0.29, 0.717) is 6.42 Å². The van der Waals surface area contributed by atoms with Gasteiger partial charge in [0, 0.05) is 11.9 Å². The smallest absolute Gasteiger partial charge is 0.228 e. The number of amides is 1. The van der Waals surface area contributed by atoms with Crippen LogP contribution in [-0.2, 0) is 9.59 Å². The van der Waals surface area contributed by atoms with Crippen LogP contribution < -0.4 is 10.4 Å². The summed E-state index contributed by atoms with van der Waals surface area (Å²) in [5.41, 5.74) is 0.878. The van der Waals surface area contributed by atoms with E-state index >= 15 is 0 Å². The standard InChI is InChI=1S/C15H16FNO3/c1-9-6-7-12(16)13(8-9)17-14(18)10-4-2-3-5-11(10)15(19)20/h2-3,6-8,10-11H,4-5H2,1H3,(H,17,18)(H,19,20)/p-1/t10-,11-/m1/s1. The minimum atomic E-state index is -1.25. The maximum atomic E-state index is 13.6. The van der Waals surface area contributed by atoms with E-state index in [-0.39, 0.29) is 12.1 Å². The predicted molar refractivity (Wildman–Crippen MR) is 70.1 cm³/mol. The van der Waals surface area contributed by atoms with Gasteiger partial charge in [0.15, 0.2) is 0 Å². The molecule has 5 heteroatoms. The summed E-state index contributed by atoms with van der Waals surface area (Å²) in [4.78, 5) is 23.2. The van der Waals surface area contributed by atoms with Gasteiger partial charge in [-0.1, -0.05) is 18.2 Å². The first-order valence-electron chi connectivity index (χ1n) is 6.42. The first-order chi connectivity index (χ1) is 9.49. The molecule has 0 radical (unpaired) electrons. The number of carbonyl (C=O) groups is 2. The number of rotatable bonds is 3. The predicted octanol–water partition coefficient (Wildman–Crippen LogP) is 1.40. The Morgan fingerprint density at radius 3 is 2.55 bits per heavy atom. The number of anilines is 1. The maximum Gasteiger partial charge on any atom is 0.228 e. The first-order valence-corrected chi connectivity index (χ1v) is 6.42. The average Bonchev–Trinajstić information content (AvgIpc) is 2.42. The third-order valence-corrected chi connectivity index (χ3v) is 3.45. The molecule has 1 amide bonds. The second-order valence-corrected chi connectivity index (χ2v) is 4.95. The van der Waals surface area contributed by atoms with E-state index in [2.05, 4.69) is 5.32 Å². The van der Waals surface area contributed by atoms with Gasteiger partial charge >= 0.3 is 0 Å². The van der Waals surface area contributed by atoms with Crippen molar-refractivity contribution in [1.82, 2.24) is 0 Å². The molecular weight excluding hydrogens is 261 g/mol. The molecule has 0 unspecified atom stereocenters. The third kappa shape index (κ3) is 3.04. The zero-order chi connectivity index (χ0) is 14.7. The second-order valence-electron chi connectivity index (χ2n) is 4.95. The van der Waals surface area contributed by atoms with Gasteiger partial charge in [0.1, 0.15) is 5.82 Å². The van der Waals surface area contributed by atoms with Crippen LogP contribution in [0.5, 0.6) is 0 Å². The van der Waals surface area contributed by atoms with E-state index in [1.807, 2.05) is 0 Å². The molecule has 0 saturated heterocycles. The minimum Gasteiger partial charge on any atom is -0.550 e. The van der Waals surface area contributed by atoms with Crippen molar-refractivity contribution < 1.29 is 19.1 Å². The zero-order valence-corrected chi connectivity index (χ0v) is 11.1. The van der Waals surface area contributed by atoms with Gasteiger partial charge in [-0.3, -0.25) is 4.79 Å². The highest BCUT2D eigenvalue weighted by molar-refractivity contribution is 5.95. The van der Waals surface area contributed by atoms with Gasteiger partial charge in [-0.15, -0.1) is 0 Å². The Balaban J connectivity index is 2.16. The van der Waals surface area contributed by atoms with E-state index in [9.17, 15) is 19.1 Å². The lowest BCUT2D eigenvalue weighted by molar-refractivity contribution is -0.313. The molecule has 0 fully saturated rings. The van der Waals surface area contributed by atoms with Crippen LogP contribution >= 0.6 is 0 Å². The molecule has 0 aromatic heterocycles. The number of halogens is 1. The number of carbonyl (C=O) groups excluding carboxylic acids is 2. The molecule has 0 aliphatic heterocycles. The number of benzene rings is 1. The highest BCUT2D eigenvalue weighted by atomic mass is 19.1. The molecule has 2 atom stereocenters. The summed E-state index contributed by atoms with van der Waals surface area (Å²) >= 11 is 0. The van der Waals surface area contributed by atoms with Crippen molar-refractivity contribution in [1.29, 1.82) is 0 Å². The molecule has 106 valence electrons. The Bertz CT molecular complexity index is 568. The van der Waals surface area contributed by atoms with E-state index in [4.69, 9.17) is 0 Å². The van der Waals surface area contributed by atoms with Crippen LogP contribution in [0.1, 0.15) is 18.4 Å². The Morgan fingerprint density at radius 1 is 1.25 bits per heavy atom. The summed E-state index contributed by atoms with van der Waals surface area (Å²) in [7, 11) is 0. The van der Waals surface area contributed by atoms with E-state index in [1.165, 1.54) is 12.1 Å². The van der Waals surface area contributed by atoms with Crippen LogP contribution in [-0.4, -0.2) is 11.9 Å². The second kappa shape index (κ2) is 5.86. The lowest BCUT2D eigenvalue weighted by atomic mass is 9.82. The summed E-state index contributed by atoms with van der Waals surface area (Å²) in [6.07, 6.45) is 4.06. The highest BCUT2D eigenvalue weighted by Crippen LogP contribution is 2.27. The largest absolute Gasteiger partial charge is 0.550 e. The Morgan fingerprint density at radius 2 is 1.90 bits per heavy atom. The molecule has 0 bridgehead atoms. The maximum absolute atomic E-state index is 13.6. The number of aryl methyl sites for hydroxylation is 1. The number of carboxylic acid groups (broad SMARTS) is 1. The topological polar surface area (TPSA) is 69.2 Å². The van der Waals surface area contributed by atoms with Gasteiger partial charge in [-0.2, -0.15) is 0 Å². The van der Waals surface area contributed by atoms with Crippen molar-refractivity contribution in [2.75, 3.05) is 5.32 Å². The van der Waals surface area contributed by atoms with Crippen LogP contribution in [0.25, 0.3) is 0 Å². The SMILES string of the molecule is Cc1ccc(F)c(NC(=O)[C@@H]2CC=CC[C@H]2C(=O)[O-])c1. The number of hydrogen-bond donors (Lipinski definition) is 1. The molecule has 1 aromatic carbocycles. The van der Waals surface area contributed by atoms with Gasteiger partial charge in [-0.05, 0) is 37.5 Å². The zero-order valence-electron chi connectivity index (χ0n) is 11.1. The van der Waals surface area contributed by atoms with Crippen LogP contribution in [0, 0.1) is 24.6 Å². The summed E-state index contributed by atoms with van der Waals surface area (Å²) in [6, 6.07) is 4.38. The van der Waals surface area contributed by atoms with Crippen LogP contribution in [0.2, 0.25) is 0 Å². The Labute approximate surface area is 116 Å². The quantitative estimate of drug-likeness (QED) is 0.848. The summed E-state index contributed by atoms with van der Waals surface area (Å²) in [5.74, 6) is -3.88. The number of carboxylic acids is 1. The molecular formula is C15H15FNO3-. The van der Waals surface area contributed by atoms with Gasteiger partial charge in [0.25, 0.3) is 0 Å². The highest BCUT2D eigenvalue weighted by Gasteiger charge is 2.30. The van der Waals surface area contributed by atoms with Gasteiger partial charge in [0.05, 0.1) is 11.6 Å². The third-order valence-electron chi connectivity index (χ3n) is 3.45. The molecule has 1 aliphatic carbocycles. The fraction of sp³-hybridized carbons (Fsp3) is 0.333. The Kier molecular flexibility index (Phi) is 4.17. The summed E-state index contributed by atoms with van der Waals surface area (Å²) < 4.78 is 13.6. The molecule has 1 aromatic rings. The van der Waals surface area contributed by atoms with Crippen LogP contribution in [0.15, 0.2) is 30.4 Å². The molecule has 0 saturated carbocycles. The minimum absolute atomic E-state index is 0.0710. The number of aliphatic carboxylic acids is 1. The van der Waals surface area contributed by atoms with Gasteiger partial charge in [-0.25, -0.2) is 4.39 Å².